The molecule has 0 saturated heterocycles. The van der Waals surface area contributed by atoms with Gasteiger partial charge in [0, 0.05) is 6.54 Å². The van der Waals surface area contributed by atoms with E-state index < -0.39 is 11.6 Å². The number of carbonyl (C=O) groups excluding carboxylic acids is 1. The molecule has 0 aliphatic rings. The largest absolute Gasteiger partial charge is 0.467 e. The highest BCUT2D eigenvalue weighted by atomic mass is 16.5. The molecule has 0 aliphatic heterocycles. The van der Waals surface area contributed by atoms with Gasteiger partial charge in [-0.15, -0.1) is 0 Å². The Morgan fingerprint density at radius 3 is 2.64 bits per heavy atom. The van der Waals surface area contributed by atoms with Crippen molar-refractivity contribution in [1.29, 1.82) is 0 Å². The van der Waals surface area contributed by atoms with Gasteiger partial charge in [-0.3, -0.25) is 0 Å². The van der Waals surface area contributed by atoms with E-state index >= 15 is 0 Å². The average Bonchev–Trinajstić information content (AvgIpc) is 2.15. The highest BCUT2D eigenvalue weighted by Gasteiger charge is 2.30. The molecule has 0 aromatic rings. The van der Waals surface area contributed by atoms with Crippen LogP contribution < -0.4 is 5.32 Å². The molecule has 0 aliphatic carbocycles. The van der Waals surface area contributed by atoms with Gasteiger partial charge in [0.1, 0.15) is 0 Å². The molecule has 0 aromatic carbocycles. The van der Waals surface area contributed by atoms with Crippen molar-refractivity contribution in [3.05, 3.63) is 0 Å². The average molecular weight is 203 g/mol. The van der Waals surface area contributed by atoms with E-state index in [-0.39, 0.29) is 6.54 Å². The molecule has 0 amide bonds. The monoisotopic (exact) mass is 203 g/mol. The van der Waals surface area contributed by atoms with Crippen LogP contribution in [0.2, 0.25) is 0 Å². The zero-order valence-electron chi connectivity index (χ0n) is 9.46. The van der Waals surface area contributed by atoms with Crippen molar-refractivity contribution in [1.82, 2.24) is 5.32 Å². The molecule has 2 unspecified atom stereocenters. The van der Waals surface area contributed by atoms with E-state index in [9.17, 15) is 9.90 Å². The summed E-state index contributed by atoms with van der Waals surface area (Å²) in [6, 6.07) is 0. The highest BCUT2D eigenvalue weighted by molar-refractivity contribution is 5.78. The van der Waals surface area contributed by atoms with Gasteiger partial charge in [0.05, 0.1) is 7.11 Å². The number of aliphatic hydroxyl groups is 1. The Hall–Kier alpha value is -0.610. The zero-order chi connectivity index (χ0) is 11.2. The molecule has 0 bridgehead atoms. The third-order valence-corrected chi connectivity index (χ3v) is 2.28. The lowest BCUT2D eigenvalue weighted by molar-refractivity contribution is -0.159. The maximum atomic E-state index is 11.1. The van der Waals surface area contributed by atoms with Crippen molar-refractivity contribution < 1.29 is 14.6 Å². The van der Waals surface area contributed by atoms with Crippen molar-refractivity contribution in [2.75, 3.05) is 20.2 Å². The number of rotatable bonds is 6. The number of nitrogens with one attached hydrogen (secondary N) is 1. The van der Waals surface area contributed by atoms with Gasteiger partial charge in [-0.1, -0.05) is 20.3 Å². The summed E-state index contributed by atoms with van der Waals surface area (Å²) in [6.45, 7) is 6.68. The Balaban J connectivity index is 3.82. The molecule has 4 nitrogen and oxygen atoms in total. The second-order valence-corrected chi connectivity index (χ2v) is 3.91. The van der Waals surface area contributed by atoms with E-state index in [1.807, 2.05) is 0 Å². The first-order valence-electron chi connectivity index (χ1n) is 4.95. The summed E-state index contributed by atoms with van der Waals surface area (Å²) in [5.74, 6) is -0.0578. The maximum Gasteiger partial charge on any atom is 0.338 e. The molecule has 0 fully saturated rings. The number of carbonyl (C=O) groups is 1. The molecule has 0 spiro atoms. The molecule has 0 saturated carbocycles. The molecule has 0 heterocycles. The number of methoxy groups -OCH3 is 1. The second kappa shape index (κ2) is 5.98. The van der Waals surface area contributed by atoms with E-state index in [1.165, 1.54) is 14.0 Å². The van der Waals surface area contributed by atoms with Gasteiger partial charge in [-0.05, 0) is 19.4 Å². The quantitative estimate of drug-likeness (QED) is 0.619. The minimum Gasteiger partial charge on any atom is -0.467 e. The van der Waals surface area contributed by atoms with E-state index in [2.05, 4.69) is 23.9 Å². The third kappa shape index (κ3) is 4.58. The topological polar surface area (TPSA) is 58.6 Å². The Kier molecular flexibility index (Phi) is 5.72. The third-order valence-electron chi connectivity index (χ3n) is 2.28. The summed E-state index contributed by atoms with van der Waals surface area (Å²) in [5.41, 5.74) is -1.43. The first-order valence-corrected chi connectivity index (χ1v) is 4.95. The minimum absolute atomic E-state index is 0.226. The summed E-state index contributed by atoms with van der Waals surface area (Å²) >= 11 is 0. The summed E-state index contributed by atoms with van der Waals surface area (Å²) in [4.78, 5) is 11.1. The predicted molar refractivity (Wildman–Crippen MR) is 55.0 cm³/mol. The molecule has 0 rings (SSSR count). The SMILES string of the molecule is CCC(C)CNCC(C)(O)C(=O)OC. The standard InChI is InChI=1S/C10H21NO3/c1-5-8(2)6-11-7-10(3,13)9(12)14-4/h8,11,13H,5-7H2,1-4H3. The van der Waals surface area contributed by atoms with Crippen LogP contribution >= 0.6 is 0 Å². The second-order valence-electron chi connectivity index (χ2n) is 3.91. The summed E-state index contributed by atoms with van der Waals surface area (Å²) in [6.07, 6.45) is 1.08. The summed E-state index contributed by atoms with van der Waals surface area (Å²) in [5, 5.41) is 12.7. The molecule has 4 heteroatoms. The molecular formula is C10H21NO3. The lowest BCUT2D eigenvalue weighted by Gasteiger charge is -2.21. The molecule has 2 N–H and O–H groups in total. The Morgan fingerprint density at radius 2 is 2.21 bits per heavy atom. The van der Waals surface area contributed by atoms with Crippen molar-refractivity contribution in [3.8, 4) is 0 Å². The fourth-order valence-electron chi connectivity index (χ4n) is 0.998. The van der Waals surface area contributed by atoms with Gasteiger partial charge in [0.15, 0.2) is 5.60 Å². The van der Waals surface area contributed by atoms with Gasteiger partial charge >= 0.3 is 5.97 Å². The van der Waals surface area contributed by atoms with Crippen LogP contribution in [-0.2, 0) is 9.53 Å². The van der Waals surface area contributed by atoms with E-state index in [0.29, 0.717) is 5.92 Å². The van der Waals surface area contributed by atoms with Crippen LogP contribution in [0.15, 0.2) is 0 Å². The summed E-state index contributed by atoms with van der Waals surface area (Å²) < 4.78 is 4.47. The van der Waals surface area contributed by atoms with Gasteiger partial charge in [-0.2, -0.15) is 0 Å². The molecule has 14 heavy (non-hydrogen) atoms. The molecule has 84 valence electrons. The van der Waals surface area contributed by atoms with Crippen LogP contribution in [0.4, 0.5) is 0 Å². The number of hydrogen-bond acceptors (Lipinski definition) is 4. The number of hydrogen-bond donors (Lipinski definition) is 2. The number of ether oxygens (including phenoxy) is 1. The van der Waals surface area contributed by atoms with Gasteiger partial charge in [0.2, 0.25) is 0 Å². The fraction of sp³-hybridized carbons (Fsp3) is 0.900. The summed E-state index contributed by atoms with van der Waals surface area (Å²) in [7, 11) is 1.27. The molecule has 0 radical (unpaired) electrons. The molecular weight excluding hydrogens is 182 g/mol. The van der Waals surface area contributed by atoms with Crippen LogP contribution in [0.3, 0.4) is 0 Å². The Morgan fingerprint density at radius 1 is 1.64 bits per heavy atom. The van der Waals surface area contributed by atoms with Crippen LogP contribution in [0.25, 0.3) is 0 Å². The Bertz CT molecular complexity index is 180. The first-order chi connectivity index (χ1) is 6.44. The van der Waals surface area contributed by atoms with Gasteiger partial charge in [0.25, 0.3) is 0 Å². The van der Waals surface area contributed by atoms with Crippen molar-refractivity contribution >= 4 is 5.97 Å². The highest BCUT2D eigenvalue weighted by Crippen LogP contribution is 2.04. The van der Waals surface area contributed by atoms with Gasteiger partial charge < -0.3 is 15.2 Å². The molecule has 0 aromatic heterocycles. The van der Waals surface area contributed by atoms with E-state index in [0.717, 1.165) is 13.0 Å². The smallest absolute Gasteiger partial charge is 0.338 e. The minimum atomic E-state index is -1.43. The lowest BCUT2D eigenvalue weighted by Crippen LogP contribution is -2.46. The van der Waals surface area contributed by atoms with E-state index in [1.54, 1.807) is 0 Å². The predicted octanol–water partition coefficient (Wildman–Crippen LogP) is 0.546. The van der Waals surface area contributed by atoms with Crippen molar-refractivity contribution in [2.24, 2.45) is 5.92 Å². The zero-order valence-corrected chi connectivity index (χ0v) is 9.46. The van der Waals surface area contributed by atoms with Crippen molar-refractivity contribution in [3.63, 3.8) is 0 Å². The lowest BCUT2D eigenvalue weighted by atomic mass is 10.1. The first kappa shape index (κ1) is 13.4. The van der Waals surface area contributed by atoms with Crippen molar-refractivity contribution in [2.45, 2.75) is 32.8 Å². The van der Waals surface area contributed by atoms with Crippen LogP contribution in [-0.4, -0.2) is 36.9 Å². The maximum absolute atomic E-state index is 11.1. The Labute approximate surface area is 85.6 Å². The van der Waals surface area contributed by atoms with Gasteiger partial charge in [-0.25, -0.2) is 4.79 Å². The normalized spacial score (nSPS) is 17.2. The fourth-order valence-corrected chi connectivity index (χ4v) is 0.998. The van der Waals surface area contributed by atoms with E-state index in [4.69, 9.17) is 0 Å². The van der Waals surface area contributed by atoms with Crippen LogP contribution in [0.1, 0.15) is 27.2 Å². The van der Waals surface area contributed by atoms with Crippen LogP contribution in [0, 0.1) is 5.92 Å². The molecule has 2 atom stereocenters. The number of esters is 1. The van der Waals surface area contributed by atoms with Crippen LogP contribution in [0.5, 0.6) is 0 Å².